The number of aromatic nitrogens is 2. The van der Waals surface area contributed by atoms with Crippen LogP contribution < -0.4 is 5.32 Å². The summed E-state index contributed by atoms with van der Waals surface area (Å²) in [5.74, 6) is -0.241. The fourth-order valence-corrected chi connectivity index (χ4v) is 3.59. The van der Waals surface area contributed by atoms with Crippen LogP contribution in [0.4, 0.5) is 6.01 Å². The molecule has 0 aliphatic carbocycles. The van der Waals surface area contributed by atoms with E-state index in [-0.39, 0.29) is 42.4 Å². The van der Waals surface area contributed by atoms with E-state index in [2.05, 4.69) is 15.5 Å². The Balaban J connectivity index is 2.17. The number of hydrogen-bond acceptors (Lipinski definition) is 8. The van der Waals surface area contributed by atoms with Gasteiger partial charge in [0.15, 0.2) is 0 Å². The molecule has 2 rings (SSSR count). The zero-order valence-corrected chi connectivity index (χ0v) is 15.2. The van der Waals surface area contributed by atoms with E-state index in [1.807, 2.05) is 12.1 Å². The Labute approximate surface area is 156 Å². The topological polar surface area (TPSA) is 153 Å². The standard InChI is InChI=1S/C16H16N6O4S/c1-12-20-21-16(26-12)19-15(23)13-4-6-14(7-5-13)27(24,25)22(10-2-8-17)11-3-9-18/h4-7H,2-3,10-11H2,1H3,(H,19,21,23). The Morgan fingerprint density at radius 3 is 2.22 bits per heavy atom. The van der Waals surface area contributed by atoms with Crippen molar-refractivity contribution in [1.82, 2.24) is 14.5 Å². The van der Waals surface area contributed by atoms with Gasteiger partial charge in [0, 0.05) is 38.4 Å². The van der Waals surface area contributed by atoms with E-state index >= 15 is 0 Å². The Morgan fingerprint density at radius 2 is 1.74 bits per heavy atom. The molecule has 0 fully saturated rings. The summed E-state index contributed by atoms with van der Waals surface area (Å²) in [5, 5.41) is 27.0. The van der Waals surface area contributed by atoms with Crippen molar-refractivity contribution in [2.24, 2.45) is 0 Å². The van der Waals surface area contributed by atoms with Gasteiger partial charge in [0.05, 0.1) is 17.0 Å². The third-order valence-electron chi connectivity index (χ3n) is 3.45. The van der Waals surface area contributed by atoms with Crippen LogP contribution >= 0.6 is 0 Å². The number of benzene rings is 1. The molecule has 0 radical (unpaired) electrons. The molecule has 0 aliphatic heterocycles. The first-order chi connectivity index (χ1) is 12.9. The van der Waals surface area contributed by atoms with Crippen LogP contribution in [0.2, 0.25) is 0 Å². The van der Waals surface area contributed by atoms with Crippen LogP contribution in [-0.4, -0.2) is 41.9 Å². The van der Waals surface area contributed by atoms with E-state index in [4.69, 9.17) is 14.9 Å². The molecule has 140 valence electrons. The number of nitrogens with zero attached hydrogens (tertiary/aromatic N) is 5. The first-order valence-corrected chi connectivity index (χ1v) is 9.28. The van der Waals surface area contributed by atoms with Gasteiger partial charge in [-0.15, -0.1) is 5.10 Å². The van der Waals surface area contributed by atoms with E-state index in [0.29, 0.717) is 5.89 Å². The SMILES string of the molecule is Cc1nnc(NC(=O)c2ccc(S(=O)(=O)N(CCC#N)CCC#N)cc2)o1. The van der Waals surface area contributed by atoms with E-state index in [1.165, 1.54) is 24.3 Å². The molecule has 1 aromatic heterocycles. The maximum Gasteiger partial charge on any atom is 0.322 e. The minimum atomic E-state index is -3.89. The summed E-state index contributed by atoms with van der Waals surface area (Å²) in [6.07, 6.45) is 0.0174. The number of hydrogen-bond donors (Lipinski definition) is 1. The van der Waals surface area contributed by atoms with Gasteiger partial charge in [0.25, 0.3) is 5.91 Å². The molecule has 0 aliphatic rings. The summed E-state index contributed by atoms with van der Waals surface area (Å²) < 4.78 is 31.5. The van der Waals surface area contributed by atoms with Crippen LogP contribution in [0.3, 0.4) is 0 Å². The zero-order chi connectivity index (χ0) is 19.9. The highest BCUT2D eigenvalue weighted by molar-refractivity contribution is 7.89. The summed E-state index contributed by atoms with van der Waals surface area (Å²) in [5.41, 5.74) is 0.199. The van der Waals surface area contributed by atoms with Crippen molar-refractivity contribution in [3.63, 3.8) is 0 Å². The van der Waals surface area contributed by atoms with E-state index in [1.54, 1.807) is 6.92 Å². The molecule has 1 aromatic carbocycles. The summed E-state index contributed by atoms with van der Waals surface area (Å²) in [6, 6.07) is 8.97. The van der Waals surface area contributed by atoms with Crippen molar-refractivity contribution in [3.8, 4) is 12.1 Å². The van der Waals surface area contributed by atoms with Gasteiger partial charge in [0.2, 0.25) is 15.9 Å². The Kier molecular flexibility index (Phi) is 6.60. The third-order valence-corrected chi connectivity index (χ3v) is 5.36. The van der Waals surface area contributed by atoms with Crippen molar-refractivity contribution >= 4 is 21.9 Å². The lowest BCUT2D eigenvalue weighted by atomic mass is 10.2. The second-order valence-corrected chi connectivity index (χ2v) is 7.26. The van der Waals surface area contributed by atoms with Crippen LogP contribution in [0.1, 0.15) is 29.1 Å². The monoisotopic (exact) mass is 388 g/mol. The molecule has 0 unspecified atom stereocenters. The largest absolute Gasteiger partial charge is 0.408 e. The van der Waals surface area contributed by atoms with Crippen molar-refractivity contribution in [2.75, 3.05) is 18.4 Å². The summed E-state index contributed by atoms with van der Waals surface area (Å²) >= 11 is 0. The number of aryl methyl sites for hydroxylation is 1. The number of rotatable bonds is 8. The lowest BCUT2D eigenvalue weighted by Crippen LogP contribution is -2.32. The maximum absolute atomic E-state index is 12.7. The molecule has 1 heterocycles. The number of carbonyl (C=O) groups is 1. The van der Waals surface area contributed by atoms with Crippen LogP contribution in [0.25, 0.3) is 0 Å². The Hall–Kier alpha value is -3.28. The number of sulfonamides is 1. The summed E-state index contributed by atoms with van der Waals surface area (Å²) in [4.78, 5) is 12.1. The van der Waals surface area contributed by atoms with Gasteiger partial charge < -0.3 is 4.42 Å². The minimum absolute atomic E-state index is 0.00868. The summed E-state index contributed by atoms with van der Waals surface area (Å²) in [7, 11) is -3.89. The molecule has 1 amide bonds. The van der Waals surface area contributed by atoms with E-state index in [0.717, 1.165) is 4.31 Å². The lowest BCUT2D eigenvalue weighted by Gasteiger charge is -2.20. The van der Waals surface area contributed by atoms with E-state index < -0.39 is 15.9 Å². The first kappa shape index (κ1) is 20.0. The van der Waals surface area contributed by atoms with Gasteiger partial charge in [-0.2, -0.15) is 14.8 Å². The molecule has 2 aromatic rings. The molecular weight excluding hydrogens is 372 g/mol. The van der Waals surface area contributed by atoms with Gasteiger partial charge in [0.1, 0.15) is 0 Å². The third kappa shape index (κ3) is 5.10. The highest BCUT2D eigenvalue weighted by Crippen LogP contribution is 2.18. The predicted octanol–water partition coefficient (Wildman–Crippen LogP) is 1.45. The van der Waals surface area contributed by atoms with Gasteiger partial charge in [-0.1, -0.05) is 5.10 Å². The lowest BCUT2D eigenvalue weighted by molar-refractivity contribution is 0.102. The summed E-state index contributed by atoms with van der Waals surface area (Å²) in [6.45, 7) is 1.55. The quantitative estimate of drug-likeness (QED) is 0.713. The molecule has 27 heavy (non-hydrogen) atoms. The molecule has 11 heteroatoms. The molecule has 0 spiro atoms. The number of carbonyl (C=O) groups excluding carboxylic acids is 1. The number of anilines is 1. The molecule has 1 N–H and O–H groups in total. The second kappa shape index (κ2) is 8.89. The highest BCUT2D eigenvalue weighted by atomic mass is 32.2. The zero-order valence-electron chi connectivity index (χ0n) is 14.4. The van der Waals surface area contributed by atoms with Gasteiger partial charge >= 0.3 is 6.01 Å². The Bertz CT molecular complexity index is 967. The fourth-order valence-electron chi connectivity index (χ4n) is 2.15. The van der Waals surface area contributed by atoms with Crippen molar-refractivity contribution in [2.45, 2.75) is 24.7 Å². The van der Waals surface area contributed by atoms with Crippen LogP contribution in [-0.2, 0) is 10.0 Å². The van der Waals surface area contributed by atoms with Gasteiger partial charge in [-0.3, -0.25) is 10.1 Å². The molecule has 10 nitrogen and oxygen atoms in total. The molecule has 0 bridgehead atoms. The molecule has 0 atom stereocenters. The smallest absolute Gasteiger partial charge is 0.322 e. The van der Waals surface area contributed by atoms with Crippen molar-refractivity contribution in [3.05, 3.63) is 35.7 Å². The average Bonchev–Trinajstić information content (AvgIpc) is 3.06. The van der Waals surface area contributed by atoms with Crippen LogP contribution in [0.15, 0.2) is 33.6 Å². The average molecular weight is 388 g/mol. The molecular formula is C16H16N6O4S. The number of amides is 1. The van der Waals surface area contributed by atoms with Crippen LogP contribution in [0, 0.1) is 29.6 Å². The predicted molar refractivity (Wildman–Crippen MR) is 92.6 cm³/mol. The minimum Gasteiger partial charge on any atom is -0.408 e. The second-order valence-electron chi connectivity index (χ2n) is 5.33. The van der Waals surface area contributed by atoms with Crippen molar-refractivity contribution < 1.29 is 17.6 Å². The normalized spacial score (nSPS) is 11.0. The van der Waals surface area contributed by atoms with Crippen LogP contribution in [0.5, 0.6) is 0 Å². The Morgan fingerprint density at radius 1 is 1.15 bits per heavy atom. The number of nitriles is 2. The maximum atomic E-state index is 12.7. The fraction of sp³-hybridized carbons (Fsp3) is 0.312. The number of nitrogens with one attached hydrogen (secondary N) is 1. The molecule has 0 saturated heterocycles. The first-order valence-electron chi connectivity index (χ1n) is 7.84. The van der Waals surface area contributed by atoms with Gasteiger partial charge in [-0.25, -0.2) is 8.42 Å². The van der Waals surface area contributed by atoms with Crippen molar-refractivity contribution in [1.29, 1.82) is 10.5 Å². The van der Waals surface area contributed by atoms with E-state index in [9.17, 15) is 13.2 Å². The van der Waals surface area contributed by atoms with Gasteiger partial charge in [-0.05, 0) is 24.3 Å². The highest BCUT2D eigenvalue weighted by Gasteiger charge is 2.24. The molecule has 0 saturated carbocycles.